The van der Waals surface area contributed by atoms with Gasteiger partial charge in [0.05, 0.1) is 12.1 Å². The van der Waals surface area contributed by atoms with Crippen LogP contribution in [0.3, 0.4) is 0 Å². The summed E-state index contributed by atoms with van der Waals surface area (Å²) in [5.74, 6) is 0.859. The van der Waals surface area contributed by atoms with Gasteiger partial charge in [0.2, 0.25) is 0 Å². The summed E-state index contributed by atoms with van der Waals surface area (Å²) >= 11 is 0. The molecule has 1 aliphatic rings. The van der Waals surface area contributed by atoms with Gasteiger partial charge in [0.1, 0.15) is 0 Å². The number of hydrogen-bond donors (Lipinski definition) is 0. The van der Waals surface area contributed by atoms with E-state index in [-0.39, 0.29) is 6.04 Å². The lowest BCUT2D eigenvalue weighted by Crippen LogP contribution is -2.39. The summed E-state index contributed by atoms with van der Waals surface area (Å²) in [6, 6.07) is 2.53. The normalized spacial score (nSPS) is 23.4. The third-order valence-electron chi connectivity index (χ3n) is 2.79. The molecule has 1 saturated heterocycles. The SMILES string of the molecule is CCC(C#N)N1CCC(C)CC1. The van der Waals surface area contributed by atoms with E-state index in [9.17, 15) is 0 Å². The van der Waals surface area contributed by atoms with E-state index in [4.69, 9.17) is 5.26 Å². The Labute approximate surface area is 75.2 Å². The Morgan fingerprint density at radius 2 is 2.08 bits per heavy atom. The maximum atomic E-state index is 8.85. The molecule has 0 radical (unpaired) electrons. The second-order valence-corrected chi connectivity index (χ2v) is 3.77. The summed E-state index contributed by atoms with van der Waals surface area (Å²) in [6.45, 7) is 6.62. The lowest BCUT2D eigenvalue weighted by molar-refractivity contribution is 0.161. The molecule has 1 rings (SSSR count). The number of rotatable bonds is 2. The molecule has 0 amide bonds. The first-order valence-corrected chi connectivity index (χ1v) is 4.91. The van der Waals surface area contributed by atoms with E-state index in [1.54, 1.807) is 0 Å². The van der Waals surface area contributed by atoms with Crippen LogP contribution in [0.1, 0.15) is 33.1 Å². The fourth-order valence-corrected chi connectivity index (χ4v) is 1.77. The van der Waals surface area contributed by atoms with Gasteiger partial charge in [0.15, 0.2) is 0 Å². The molecule has 2 heteroatoms. The Hall–Kier alpha value is -0.550. The van der Waals surface area contributed by atoms with Crippen molar-refractivity contribution in [3.63, 3.8) is 0 Å². The van der Waals surface area contributed by atoms with Crippen molar-refractivity contribution in [2.75, 3.05) is 13.1 Å². The molecule has 2 nitrogen and oxygen atoms in total. The molecule has 0 N–H and O–H groups in total. The minimum absolute atomic E-state index is 0.164. The van der Waals surface area contributed by atoms with Crippen molar-refractivity contribution in [2.24, 2.45) is 5.92 Å². The molecule has 0 aromatic carbocycles. The molecule has 12 heavy (non-hydrogen) atoms. The smallest absolute Gasteiger partial charge is 0.0975 e. The van der Waals surface area contributed by atoms with E-state index in [1.807, 2.05) is 0 Å². The Morgan fingerprint density at radius 1 is 1.50 bits per heavy atom. The Bertz CT molecular complexity index is 163. The Kier molecular flexibility index (Phi) is 3.55. The van der Waals surface area contributed by atoms with Crippen LogP contribution >= 0.6 is 0 Å². The number of nitriles is 1. The molecule has 1 aliphatic heterocycles. The van der Waals surface area contributed by atoms with Gasteiger partial charge >= 0.3 is 0 Å². The van der Waals surface area contributed by atoms with Crippen LogP contribution in [-0.4, -0.2) is 24.0 Å². The van der Waals surface area contributed by atoms with E-state index in [0.717, 1.165) is 25.4 Å². The highest BCUT2D eigenvalue weighted by Gasteiger charge is 2.21. The van der Waals surface area contributed by atoms with Crippen molar-refractivity contribution in [3.05, 3.63) is 0 Å². The predicted octanol–water partition coefficient (Wildman–Crippen LogP) is 2.02. The average Bonchev–Trinajstić information content (AvgIpc) is 2.10. The minimum atomic E-state index is 0.164. The third-order valence-corrected chi connectivity index (χ3v) is 2.79. The van der Waals surface area contributed by atoms with Gasteiger partial charge in [-0.2, -0.15) is 5.26 Å². The summed E-state index contributed by atoms with van der Waals surface area (Å²) in [5.41, 5.74) is 0. The topological polar surface area (TPSA) is 27.0 Å². The van der Waals surface area contributed by atoms with Crippen LogP contribution in [0, 0.1) is 17.2 Å². The zero-order valence-electron chi connectivity index (χ0n) is 8.08. The first-order chi connectivity index (χ1) is 5.77. The summed E-state index contributed by atoms with van der Waals surface area (Å²) in [4.78, 5) is 2.32. The molecule has 0 spiro atoms. The molecular weight excluding hydrogens is 148 g/mol. The standard InChI is InChI=1S/C10H18N2/c1-3-10(8-11)12-6-4-9(2)5-7-12/h9-10H,3-7H2,1-2H3. The van der Waals surface area contributed by atoms with E-state index < -0.39 is 0 Å². The highest BCUT2D eigenvalue weighted by molar-refractivity contribution is 4.92. The lowest BCUT2D eigenvalue weighted by atomic mass is 9.98. The molecule has 1 unspecified atom stereocenters. The number of piperidine rings is 1. The van der Waals surface area contributed by atoms with E-state index in [0.29, 0.717) is 0 Å². The second kappa shape index (κ2) is 4.47. The lowest BCUT2D eigenvalue weighted by Gasteiger charge is -2.32. The largest absolute Gasteiger partial charge is 0.288 e. The first kappa shape index (κ1) is 9.54. The van der Waals surface area contributed by atoms with Crippen molar-refractivity contribution in [1.29, 1.82) is 5.26 Å². The van der Waals surface area contributed by atoms with Gasteiger partial charge in [-0.05, 0) is 38.3 Å². The van der Waals surface area contributed by atoms with Crippen molar-refractivity contribution in [1.82, 2.24) is 4.90 Å². The summed E-state index contributed by atoms with van der Waals surface area (Å²) in [7, 11) is 0. The molecule has 0 aromatic rings. The van der Waals surface area contributed by atoms with E-state index >= 15 is 0 Å². The quantitative estimate of drug-likeness (QED) is 0.627. The van der Waals surface area contributed by atoms with Gasteiger partial charge in [-0.3, -0.25) is 4.90 Å². The van der Waals surface area contributed by atoms with Gasteiger partial charge in [-0.25, -0.2) is 0 Å². The molecule has 0 saturated carbocycles. The average molecular weight is 166 g/mol. The van der Waals surface area contributed by atoms with E-state index in [2.05, 4.69) is 24.8 Å². The predicted molar refractivity (Wildman–Crippen MR) is 49.7 cm³/mol. The number of likely N-dealkylation sites (tertiary alicyclic amines) is 1. The monoisotopic (exact) mass is 166 g/mol. The summed E-state index contributed by atoms with van der Waals surface area (Å²) in [5, 5.41) is 8.85. The fraction of sp³-hybridized carbons (Fsp3) is 0.900. The van der Waals surface area contributed by atoms with Crippen molar-refractivity contribution < 1.29 is 0 Å². The second-order valence-electron chi connectivity index (χ2n) is 3.77. The maximum Gasteiger partial charge on any atom is 0.0975 e. The highest BCUT2D eigenvalue weighted by atomic mass is 15.2. The molecular formula is C10H18N2. The van der Waals surface area contributed by atoms with Gasteiger partial charge < -0.3 is 0 Å². The third kappa shape index (κ3) is 2.22. The van der Waals surface area contributed by atoms with Crippen LogP contribution in [0.2, 0.25) is 0 Å². The van der Waals surface area contributed by atoms with Gasteiger partial charge in [-0.1, -0.05) is 13.8 Å². The number of nitrogens with zero attached hydrogens (tertiary/aromatic N) is 2. The van der Waals surface area contributed by atoms with E-state index in [1.165, 1.54) is 12.8 Å². The van der Waals surface area contributed by atoms with Crippen LogP contribution in [0.5, 0.6) is 0 Å². The van der Waals surface area contributed by atoms with Crippen molar-refractivity contribution in [3.8, 4) is 6.07 Å². The van der Waals surface area contributed by atoms with Crippen LogP contribution in [0.4, 0.5) is 0 Å². The molecule has 1 fully saturated rings. The maximum absolute atomic E-state index is 8.85. The summed E-state index contributed by atoms with van der Waals surface area (Å²) in [6.07, 6.45) is 3.49. The molecule has 1 heterocycles. The van der Waals surface area contributed by atoms with Crippen LogP contribution in [-0.2, 0) is 0 Å². The molecule has 0 aromatic heterocycles. The zero-order chi connectivity index (χ0) is 8.97. The molecule has 68 valence electrons. The molecule has 0 aliphatic carbocycles. The van der Waals surface area contributed by atoms with Crippen molar-refractivity contribution >= 4 is 0 Å². The number of hydrogen-bond acceptors (Lipinski definition) is 2. The fourth-order valence-electron chi connectivity index (χ4n) is 1.77. The van der Waals surface area contributed by atoms with Crippen LogP contribution in [0.15, 0.2) is 0 Å². The van der Waals surface area contributed by atoms with Gasteiger partial charge in [0, 0.05) is 0 Å². The van der Waals surface area contributed by atoms with Crippen LogP contribution < -0.4 is 0 Å². The zero-order valence-corrected chi connectivity index (χ0v) is 8.08. The Balaban J connectivity index is 2.39. The molecule has 0 bridgehead atoms. The summed E-state index contributed by atoms with van der Waals surface area (Å²) < 4.78 is 0. The van der Waals surface area contributed by atoms with Gasteiger partial charge in [0.25, 0.3) is 0 Å². The van der Waals surface area contributed by atoms with Crippen LogP contribution in [0.25, 0.3) is 0 Å². The van der Waals surface area contributed by atoms with Gasteiger partial charge in [-0.15, -0.1) is 0 Å². The first-order valence-electron chi connectivity index (χ1n) is 4.91. The van der Waals surface area contributed by atoms with Crippen molar-refractivity contribution in [2.45, 2.75) is 39.2 Å². The highest BCUT2D eigenvalue weighted by Crippen LogP contribution is 2.18. The Morgan fingerprint density at radius 3 is 2.50 bits per heavy atom. The minimum Gasteiger partial charge on any atom is -0.288 e. The molecule has 1 atom stereocenters.